The maximum atomic E-state index is 13.1. The highest BCUT2D eigenvalue weighted by Gasteiger charge is 2.31. The van der Waals surface area contributed by atoms with E-state index < -0.39 is 24.2 Å². The number of alkyl halides is 3. The first-order valence-corrected chi connectivity index (χ1v) is 5.49. The normalized spacial score (nSPS) is 11.6. The highest BCUT2D eigenvalue weighted by atomic mass is 19.4. The van der Waals surface area contributed by atoms with Gasteiger partial charge in [0.15, 0.2) is 0 Å². The lowest BCUT2D eigenvalue weighted by Gasteiger charge is -2.12. The topological polar surface area (TPSA) is 20.2 Å². The van der Waals surface area contributed by atoms with Crippen molar-refractivity contribution in [1.29, 1.82) is 0 Å². The van der Waals surface area contributed by atoms with Gasteiger partial charge in [-0.3, -0.25) is 0 Å². The van der Waals surface area contributed by atoms with Crippen LogP contribution in [0.2, 0.25) is 0 Å². The second kappa shape index (κ2) is 5.01. The van der Waals surface area contributed by atoms with Crippen molar-refractivity contribution in [3.63, 3.8) is 0 Å². The molecular formula is C14H10F4O. The summed E-state index contributed by atoms with van der Waals surface area (Å²) >= 11 is 0. The molecule has 2 rings (SSSR count). The fourth-order valence-corrected chi connectivity index (χ4v) is 1.82. The fraction of sp³-hybridized carbons (Fsp3) is 0.143. The summed E-state index contributed by atoms with van der Waals surface area (Å²) in [5, 5.41) is 9.17. The van der Waals surface area contributed by atoms with Crippen LogP contribution in [0.15, 0.2) is 42.5 Å². The summed E-state index contributed by atoms with van der Waals surface area (Å²) in [5.41, 5.74) is -0.0328. The molecule has 0 aliphatic rings. The second-order valence-electron chi connectivity index (χ2n) is 4.04. The largest absolute Gasteiger partial charge is 0.416 e. The van der Waals surface area contributed by atoms with Gasteiger partial charge in [-0.15, -0.1) is 0 Å². The van der Waals surface area contributed by atoms with Gasteiger partial charge >= 0.3 is 6.18 Å². The molecule has 0 spiro atoms. The SMILES string of the molecule is OCc1ccc(C(F)(F)F)cc1-c1cccc(F)c1. The van der Waals surface area contributed by atoms with Crippen LogP contribution in [0.5, 0.6) is 0 Å². The molecule has 2 aromatic rings. The van der Waals surface area contributed by atoms with Crippen LogP contribution in [0.1, 0.15) is 11.1 Å². The molecule has 0 saturated heterocycles. The molecule has 0 aromatic heterocycles. The predicted molar refractivity (Wildman–Crippen MR) is 62.8 cm³/mol. The van der Waals surface area contributed by atoms with E-state index in [1.165, 1.54) is 24.3 Å². The van der Waals surface area contributed by atoms with E-state index in [1.807, 2.05) is 0 Å². The molecule has 2 aromatic carbocycles. The van der Waals surface area contributed by atoms with Crippen LogP contribution in [0.25, 0.3) is 11.1 Å². The minimum atomic E-state index is -4.48. The highest BCUT2D eigenvalue weighted by molar-refractivity contribution is 5.68. The minimum absolute atomic E-state index is 0.178. The van der Waals surface area contributed by atoms with Gasteiger partial charge in [0, 0.05) is 0 Å². The van der Waals surface area contributed by atoms with Gasteiger partial charge in [-0.05, 0) is 41.0 Å². The lowest BCUT2D eigenvalue weighted by atomic mass is 9.97. The molecule has 1 N–H and O–H groups in total. The first kappa shape index (κ1) is 13.5. The molecule has 0 atom stereocenters. The Balaban J connectivity index is 2.60. The number of benzene rings is 2. The molecule has 0 fully saturated rings. The van der Waals surface area contributed by atoms with Crippen molar-refractivity contribution < 1.29 is 22.7 Å². The van der Waals surface area contributed by atoms with Gasteiger partial charge in [0.1, 0.15) is 5.82 Å². The molecule has 0 amide bonds. The van der Waals surface area contributed by atoms with Crippen LogP contribution < -0.4 is 0 Å². The van der Waals surface area contributed by atoms with E-state index in [0.717, 1.165) is 18.2 Å². The summed E-state index contributed by atoms with van der Waals surface area (Å²) < 4.78 is 51.1. The number of aliphatic hydroxyl groups is 1. The van der Waals surface area contributed by atoms with Crippen molar-refractivity contribution in [2.75, 3.05) is 0 Å². The maximum Gasteiger partial charge on any atom is 0.416 e. The standard InChI is InChI=1S/C14H10F4O/c15-12-3-1-2-9(6-12)13-7-11(14(16,17)18)5-4-10(13)8-19/h1-7,19H,8H2. The first-order valence-electron chi connectivity index (χ1n) is 5.49. The Morgan fingerprint density at radius 2 is 1.74 bits per heavy atom. The second-order valence-corrected chi connectivity index (χ2v) is 4.04. The zero-order valence-electron chi connectivity index (χ0n) is 9.71. The van der Waals surface area contributed by atoms with E-state index in [4.69, 9.17) is 5.11 Å². The number of aliphatic hydroxyl groups excluding tert-OH is 1. The van der Waals surface area contributed by atoms with E-state index in [-0.39, 0.29) is 5.56 Å². The van der Waals surface area contributed by atoms with Gasteiger partial charge in [0.2, 0.25) is 0 Å². The van der Waals surface area contributed by atoms with Crippen LogP contribution in [-0.2, 0) is 12.8 Å². The van der Waals surface area contributed by atoms with Crippen molar-refractivity contribution in [3.05, 3.63) is 59.4 Å². The van der Waals surface area contributed by atoms with Crippen molar-refractivity contribution in [3.8, 4) is 11.1 Å². The third kappa shape index (κ3) is 2.93. The van der Waals surface area contributed by atoms with E-state index in [1.54, 1.807) is 0 Å². The minimum Gasteiger partial charge on any atom is -0.392 e. The van der Waals surface area contributed by atoms with Crippen LogP contribution >= 0.6 is 0 Å². The Morgan fingerprint density at radius 1 is 1.00 bits per heavy atom. The zero-order valence-corrected chi connectivity index (χ0v) is 9.71. The molecule has 0 bridgehead atoms. The van der Waals surface area contributed by atoms with Gasteiger partial charge in [-0.25, -0.2) is 4.39 Å². The van der Waals surface area contributed by atoms with Gasteiger partial charge in [-0.1, -0.05) is 18.2 Å². The monoisotopic (exact) mass is 270 g/mol. The molecule has 19 heavy (non-hydrogen) atoms. The average Bonchev–Trinajstić information content (AvgIpc) is 2.37. The molecule has 5 heteroatoms. The van der Waals surface area contributed by atoms with Crippen molar-refractivity contribution in [1.82, 2.24) is 0 Å². The third-order valence-electron chi connectivity index (χ3n) is 2.74. The number of hydrogen-bond acceptors (Lipinski definition) is 1. The molecule has 0 aliphatic heterocycles. The Hall–Kier alpha value is -1.88. The third-order valence-corrected chi connectivity index (χ3v) is 2.74. The molecule has 0 unspecified atom stereocenters. The number of halogens is 4. The molecule has 0 aliphatic carbocycles. The molecule has 0 radical (unpaired) electrons. The predicted octanol–water partition coefficient (Wildman–Crippen LogP) is 4.00. The van der Waals surface area contributed by atoms with Gasteiger partial charge < -0.3 is 5.11 Å². The fourth-order valence-electron chi connectivity index (χ4n) is 1.82. The van der Waals surface area contributed by atoms with Gasteiger partial charge in [0.25, 0.3) is 0 Å². The summed E-state index contributed by atoms with van der Waals surface area (Å²) in [7, 11) is 0. The van der Waals surface area contributed by atoms with E-state index in [9.17, 15) is 17.6 Å². The first-order chi connectivity index (χ1) is 8.91. The average molecular weight is 270 g/mol. The molecular weight excluding hydrogens is 260 g/mol. The molecule has 100 valence electrons. The summed E-state index contributed by atoms with van der Waals surface area (Å²) in [6.07, 6.45) is -4.48. The summed E-state index contributed by atoms with van der Waals surface area (Å²) in [6.45, 7) is -0.413. The molecule has 0 saturated carbocycles. The maximum absolute atomic E-state index is 13.1. The number of hydrogen-bond donors (Lipinski definition) is 1. The van der Waals surface area contributed by atoms with E-state index in [2.05, 4.69) is 0 Å². The lowest BCUT2D eigenvalue weighted by Crippen LogP contribution is -2.06. The van der Waals surface area contributed by atoms with E-state index >= 15 is 0 Å². The number of rotatable bonds is 2. The lowest BCUT2D eigenvalue weighted by molar-refractivity contribution is -0.137. The van der Waals surface area contributed by atoms with Crippen molar-refractivity contribution in [2.45, 2.75) is 12.8 Å². The van der Waals surface area contributed by atoms with Crippen LogP contribution in [0.3, 0.4) is 0 Å². The van der Waals surface area contributed by atoms with Gasteiger partial charge in [0.05, 0.1) is 12.2 Å². The van der Waals surface area contributed by atoms with E-state index in [0.29, 0.717) is 11.1 Å². The molecule has 0 heterocycles. The van der Waals surface area contributed by atoms with Crippen LogP contribution in [-0.4, -0.2) is 5.11 Å². The van der Waals surface area contributed by atoms with Gasteiger partial charge in [-0.2, -0.15) is 13.2 Å². The summed E-state index contributed by atoms with van der Waals surface area (Å²) in [5.74, 6) is -0.543. The molecule has 1 nitrogen and oxygen atoms in total. The quantitative estimate of drug-likeness (QED) is 0.818. The Kier molecular flexibility index (Phi) is 3.57. The summed E-state index contributed by atoms with van der Waals surface area (Å²) in [6, 6.07) is 8.26. The highest BCUT2D eigenvalue weighted by Crippen LogP contribution is 2.34. The Labute approximate surface area is 107 Å². The Morgan fingerprint density at radius 3 is 2.32 bits per heavy atom. The smallest absolute Gasteiger partial charge is 0.392 e. The van der Waals surface area contributed by atoms with Crippen molar-refractivity contribution >= 4 is 0 Å². The van der Waals surface area contributed by atoms with Crippen LogP contribution in [0.4, 0.5) is 17.6 Å². The summed E-state index contributed by atoms with van der Waals surface area (Å²) in [4.78, 5) is 0. The van der Waals surface area contributed by atoms with Crippen molar-refractivity contribution in [2.24, 2.45) is 0 Å². The Bertz CT molecular complexity index is 590. The zero-order chi connectivity index (χ0) is 14.0. The van der Waals surface area contributed by atoms with Crippen LogP contribution in [0, 0.1) is 5.82 Å².